The van der Waals surface area contributed by atoms with Crippen LogP contribution in [0.2, 0.25) is 0 Å². The zero-order valence-electron chi connectivity index (χ0n) is 9.74. The Morgan fingerprint density at radius 1 is 1.20 bits per heavy atom. The van der Waals surface area contributed by atoms with Crippen molar-refractivity contribution in [2.45, 2.75) is 57.6 Å². The number of hydrogen-bond donors (Lipinski definition) is 2. The van der Waals surface area contributed by atoms with E-state index in [0.29, 0.717) is 18.1 Å². The molecule has 0 aromatic rings. The first-order chi connectivity index (χ1) is 7.31. The van der Waals surface area contributed by atoms with Gasteiger partial charge in [0.25, 0.3) is 0 Å². The van der Waals surface area contributed by atoms with E-state index in [9.17, 15) is 0 Å². The van der Waals surface area contributed by atoms with Gasteiger partial charge < -0.3 is 4.74 Å². The molecule has 3 atom stereocenters. The molecule has 2 rings (SSSR count). The minimum atomic E-state index is 0.425. The Balaban J connectivity index is 1.90. The number of nitrogens with one attached hydrogen (secondary N) is 1. The second-order valence-electron chi connectivity index (χ2n) is 5.23. The number of rotatable bonds is 3. The van der Waals surface area contributed by atoms with Crippen LogP contribution in [0.5, 0.6) is 0 Å². The number of nitrogens with two attached hydrogens (primary N) is 1. The molecule has 1 saturated heterocycles. The molecule has 3 unspecified atom stereocenters. The van der Waals surface area contributed by atoms with Crippen LogP contribution in [0.25, 0.3) is 0 Å². The lowest BCUT2D eigenvalue weighted by molar-refractivity contribution is 0.110. The first-order valence-corrected chi connectivity index (χ1v) is 6.39. The third-order valence-electron chi connectivity index (χ3n) is 4.09. The van der Waals surface area contributed by atoms with Gasteiger partial charge in [-0.1, -0.05) is 19.3 Å². The fraction of sp³-hybridized carbons (Fsp3) is 1.00. The average molecular weight is 212 g/mol. The standard InChI is InChI=1S/C12H24N2O/c1-9-7-11(8-15-9)12(14-13)10-5-3-2-4-6-10/h9-12,14H,2-8,13H2,1H3. The molecule has 0 spiro atoms. The highest BCUT2D eigenvalue weighted by molar-refractivity contribution is 4.87. The Hall–Kier alpha value is -0.120. The van der Waals surface area contributed by atoms with Crippen LogP contribution >= 0.6 is 0 Å². The summed E-state index contributed by atoms with van der Waals surface area (Å²) >= 11 is 0. The Bertz CT molecular complexity index is 187. The second kappa shape index (κ2) is 5.28. The molecule has 0 radical (unpaired) electrons. The fourth-order valence-corrected chi connectivity index (χ4v) is 3.25. The van der Waals surface area contributed by atoms with E-state index in [0.717, 1.165) is 12.5 Å². The Morgan fingerprint density at radius 3 is 2.47 bits per heavy atom. The number of ether oxygens (including phenoxy) is 1. The Labute approximate surface area is 92.7 Å². The lowest BCUT2D eigenvalue weighted by Gasteiger charge is -2.33. The minimum absolute atomic E-state index is 0.425. The van der Waals surface area contributed by atoms with Crippen LogP contribution in [-0.2, 0) is 4.74 Å². The molecule has 0 bridgehead atoms. The van der Waals surface area contributed by atoms with Gasteiger partial charge in [-0.05, 0) is 32.1 Å². The van der Waals surface area contributed by atoms with Crippen molar-refractivity contribution in [2.75, 3.05) is 6.61 Å². The maximum absolute atomic E-state index is 5.72. The molecule has 2 fully saturated rings. The molecule has 1 heterocycles. The summed E-state index contributed by atoms with van der Waals surface area (Å²) in [6, 6.07) is 0.482. The normalized spacial score (nSPS) is 35.6. The van der Waals surface area contributed by atoms with Crippen LogP contribution in [0.1, 0.15) is 45.4 Å². The van der Waals surface area contributed by atoms with Crippen LogP contribution in [0.15, 0.2) is 0 Å². The molecule has 2 aliphatic rings. The van der Waals surface area contributed by atoms with Gasteiger partial charge in [-0.3, -0.25) is 11.3 Å². The monoisotopic (exact) mass is 212 g/mol. The molecule has 88 valence electrons. The van der Waals surface area contributed by atoms with Crippen molar-refractivity contribution in [1.29, 1.82) is 0 Å². The topological polar surface area (TPSA) is 47.3 Å². The van der Waals surface area contributed by atoms with Gasteiger partial charge in [0, 0.05) is 12.0 Å². The third kappa shape index (κ3) is 2.71. The molecule has 1 saturated carbocycles. The van der Waals surface area contributed by atoms with Crippen molar-refractivity contribution in [3.63, 3.8) is 0 Å². The third-order valence-corrected chi connectivity index (χ3v) is 4.09. The minimum Gasteiger partial charge on any atom is -0.378 e. The molecular formula is C12H24N2O. The summed E-state index contributed by atoms with van der Waals surface area (Å²) < 4.78 is 5.64. The lowest BCUT2D eigenvalue weighted by atomic mass is 9.78. The van der Waals surface area contributed by atoms with Crippen LogP contribution in [-0.4, -0.2) is 18.8 Å². The van der Waals surface area contributed by atoms with Gasteiger partial charge in [-0.2, -0.15) is 0 Å². The summed E-state index contributed by atoms with van der Waals surface area (Å²) in [5.41, 5.74) is 3.05. The quantitative estimate of drug-likeness (QED) is 0.554. The highest BCUT2D eigenvalue weighted by atomic mass is 16.5. The largest absolute Gasteiger partial charge is 0.378 e. The highest BCUT2D eigenvalue weighted by Crippen LogP contribution is 2.33. The van der Waals surface area contributed by atoms with Crippen LogP contribution in [0.4, 0.5) is 0 Å². The van der Waals surface area contributed by atoms with E-state index in [1.54, 1.807) is 0 Å². The van der Waals surface area contributed by atoms with Gasteiger partial charge >= 0.3 is 0 Å². The number of hydrogen-bond acceptors (Lipinski definition) is 3. The SMILES string of the molecule is CC1CC(C(NN)C2CCCCC2)CO1. The molecular weight excluding hydrogens is 188 g/mol. The summed E-state index contributed by atoms with van der Waals surface area (Å²) in [5, 5.41) is 0. The summed E-state index contributed by atoms with van der Waals surface area (Å²) in [6.45, 7) is 3.06. The van der Waals surface area contributed by atoms with Crippen molar-refractivity contribution >= 4 is 0 Å². The molecule has 3 N–H and O–H groups in total. The molecule has 1 aliphatic heterocycles. The van der Waals surface area contributed by atoms with E-state index in [-0.39, 0.29) is 0 Å². The molecule has 3 heteroatoms. The van der Waals surface area contributed by atoms with Crippen LogP contribution < -0.4 is 11.3 Å². The molecule has 1 aliphatic carbocycles. The molecule has 0 aromatic carbocycles. The zero-order valence-corrected chi connectivity index (χ0v) is 9.74. The maximum Gasteiger partial charge on any atom is 0.0551 e. The van der Waals surface area contributed by atoms with Gasteiger partial charge in [0.1, 0.15) is 0 Å². The van der Waals surface area contributed by atoms with Crippen molar-refractivity contribution in [1.82, 2.24) is 5.43 Å². The van der Waals surface area contributed by atoms with E-state index in [1.807, 2.05) is 0 Å². The second-order valence-corrected chi connectivity index (χ2v) is 5.23. The van der Waals surface area contributed by atoms with Crippen molar-refractivity contribution in [2.24, 2.45) is 17.7 Å². The number of hydrazine groups is 1. The van der Waals surface area contributed by atoms with Gasteiger partial charge in [-0.25, -0.2) is 0 Å². The molecule has 0 aromatic heterocycles. The first-order valence-electron chi connectivity index (χ1n) is 6.39. The zero-order chi connectivity index (χ0) is 10.7. The van der Waals surface area contributed by atoms with Gasteiger partial charge in [-0.15, -0.1) is 0 Å². The van der Waals surface area contributed by atoms with Gasteiger partial charge in [0.15, 0.2) is 0 Å². The first kappa shape index (κ1) is 11.4. The lowest BCUT2D eigenvalue weighted by Crippen LogP contribution is -2.47. The van der Waals surface area contributed by atoms with Crippen molar-refractivity contribution in [3.8, 4) is 0 Å². The fourth-order valence-electron chi connectivity index (χ4n) is 3.25. The van der Waals surface area contributed by atoms with E-state index in [1.165, 1.54) is 38.5 Å². The summed E-state index contributed by atoms with van der Waals surface area (Å²) in [5.74, 6) is 7.14. The highest BCUT2D eigenvalue weighted by Gasteiger charge is 2.34. The summed E-state index contributed by atoms with van der Waals surface area (Å²) in [4.78, 5) is 0. The van der Waals surface area contributed by atoms with E-state index >= 15 is 0 Å². The van der Waals surface area contributed by atoms with Gasteiger partial charge in [0.2, 0.25) is 0 Å². The Morgan fingerprint density at radius 2 is 1.93 bits per heavy atom. The van der Waals surface area contributed by atoms with E-state index in [4.69, 9.17) is 10.6 Å². The molecule has 0 amide bonds. The van der Waals surface area contributed by atoms with E-state index < -0.39 is 0 Å². The predicted molar refractivity (Wildman–Crippen MR) is 61.2 cm³/mol. The van der Waals surface area contributed by atoms with Crippen molar-refractivity contribution < 1.29 is 4.74 Å². The van der Waals surface area contributed by atoms with Crippen LogP contribution in [0.3, 0.4) is 0 Å². The molecule has 15 heavy (non-hydrogen) atoms. The summed E-state index contributed by atoms with van der Waals surface area (Å²) in [7, 11) is 0. The van der Waals surface area contributed by atoms with Crippen molar-refractivity contribution in [3.05, 3.63) is 0 Å². The predicted octanol–water partition coefficient (Wildman–Crippen LogP) is 1.82. The van der Waals surface area contributed by atoms with Crippen LogP contribution in [0, 0.1) is 11.8 Å². The summed E-state index contributed by atoms with van der Waals surface area (Å²) in [6.07, 6.45) is 8.46. The van der Waals surface area contributed by atoms with Gasteiger partial charge in [0.05, 0.1) is 12.7 Å². The van der Waals surface area contributed by atoms with E-state index in [2.05, 4.69) is 12.3 Å². The maximum atomic E-state index is 5.72. The smallest absolute Gasteiger partial charge is 0.0551 e. The molecule has 3 nitrogen and oxygen atoms in total. The average Bonchev–Trinajstić information content (AvgIpc) is 2.68. The Kier molecular flexibility index (Phi) is 4.00.